The van der Waals surface area contributed by atoms with Gasteiger partial charge in [-0.2, -0.15) is 26.3 Å². The van der Waals surface area contributed by atoms with Crippen LogP contribution in [-0.4, -0.2) is 83.3 Å². The van der Waals surface area contributed by atoms with Crippen molar-refractivity contribution in [1.82, 2.24) is 10.6 Å². The van der Waals surface area contributed by atoms with Crippen LogP contribution in [0.25, 0.3) is 0 Å². The highest BCUT2D eigenvalue weighted by Crippen LogP contribution is 2.40. The number of carbonyl (C=O) groups is 4. The summed E-state index contributed by atoms with van der Waals surface area (Å²) in [5.74, 6) is -2.70. The number of hydrogen-bond donors (Lipinski definition) is 3. The minimum Gasteiger partial charge on any atom is -0.444 e. The monoisotopic (exact) mass is 792 g/mol. The second kappa shape index (κ2) is 21.0. The number of ketones is 2. The number of halogens is 6. The van der Waals surface area contributed by atoms with E-state index in [1.165, 1.54) is 0 Å². The molecule has 2 atom stereocenters. The molecule has 0 aliphatic heterocycles. The Balaban J connectivity index is 0.000000550. The number of ether oxygens (including phenoxy) is 4. The molecule has 2 rings (SSSR count). The number of hydrogen-bond acceptors (Lipinski definition) is 9. The van der Waals surface area contributed by atoms with E-state index in [4.69, 9.17) is 24.1 Å². The van der Waals surface area contributed by atoms with Gasteiger partial charge in [0.1, 0.15) is 11.2 Å². The van der Waals surface area contributed by atoms with E-state index < -0.39 is 104 Å². The molecule has 11 nitrogen and oxygen atoms in total. The summed E-state index contributed by atoms with van der Waals surface area (Å²) in [7, 11) is 0. The number of carbonyl (C=O) groups excluding carboxylic acids is 4. The molecule has 0 unspecified atom stereocenters. The molecule has 0 aromatic heterocycles. The summed E-state index contributed by atoms with van der Waals surface area (Å²) in [6.07, 6.45) is -12.9. The van der Waals surface area contributed by atoms with E-state index in [2.05, 4.69) is 6.58 Å². The van der Waals surface area contributed by atoms with Crippen LogP contribution in [0.5, 0.6) is 0 Å². The third-order valence-corrected chi connectivity index (χ3v) is 7.18. The van der Waals surface area contributed by atoms with Crippen LogP contribution in [0.2, 0.25) is 0 Å². The molecule has 0 bridgehead atoms. The van der Waals surface area contributed by atoms with E-state index in [1.54, 1.807) is 102 Å². The van der Waals surface area contributed by atoms with Gasteiger partial charge in [0.2, 0.25) is 11.2 Å². The Morgan fingerprint density at radius 3 is 1.35 bits per heavy atom. The average Bonchev–Trinajstić information content (AvgIpc) is 3.06. The van der Waals surface area contributed by atoms with Gasteiger partial charge in [0, 0.05) is 13.0 Å². The van der Waals surface area contributed by atoms with Crippen molar-refractivity contribution in [2.75, 3.05) is 19.7 Å². The summed E-state index contributed by atoms with van der Waals surface area (Å²) >= 11 is 0. The third-order valence-electron chi connectivity index (χ3n) is 7.18. The van der Waals surface area contributed by atoms with Crippen molar-refractivity contribution in [3.63, 3.8) is 0 Å². The zero-order chi connectivity index (χ0) is 42.1. The number of benzene rings is 2. The number of alkyl carbamates (subject to hydrolysis) is 2. The lowest BCUT2D eigenvalue weighted by molar-refractivity contribution is -0.272. The molecule has 17 heteroatoms. The first-order valence-electron chi connectivity index (χ1n) is 17.0. The summed E-state index contributed by atoms with van der Waals surface area (Å²) in [5.41, 5.74) is -7.05. The minimum atomic E-state index is -5.04. The molecular weight excluding hydrogens is 742 g/mol. The summed E-state index contributed by atoms with van der Waals surface area (Å²) in [4.78, 5) is 48.3. The molecule has 0 saturated carbocycles. The van der Waals surface area contributed by atoms with Crippen LogP contribution in [0.4, 0.5) is 35.9 Å². The Bertz CT molecular complexity index is 1530. The van der Waals surface area contributed by atoms with E-state index in [1.807, 2.05) is 10.6 Å². The fourth-order valence-corrected chi connectivity index (χ4v) is 4.59. The van der Waals surface area contributed by atoms with Gasteiger partial charge in [-0.25, -0.2) is 9.59 Å². The molecule has 0 radical (unpaired) electrons. The fourth-order valence-electron chi connectivity index (χ4n) is 4.59. The molecule has 3 N–H and O–H groups in total. The smallest absolute Gasteiger partial charge is 0.425 e. The van der Waals surface area contributed by atoms with Gasteiger partial charge >= 0.3 is 24.5 Å². The number of aliphatic hydroxyl groups excluding tert-OH is 1. The quantitative estimate of drug-likeness (QED) is 0.109. The third kappa shape index (κ3) is 16.4. The molecule has 2 aromatic carbocycles. The number of nitrogens with one attached hydrogen (secondary N) is 2. The first-order valence-corrected chi connectivity index (χ1v) is 17.0. The van der Waals surface area contributed by atoms with Crippen LogP contribution in [0.15, 0.2) is 73.3 Å². The molecule has 0 aliphatic carbocycles. The summed E-state index contributed by atoms with van der Waals surface area (Å²) in [5, 5.41) is 13.1. The topological polar surface area (TPSA) is 149 Å². The predicted octanol–water partition coefficient (Wildman–Crippen LogP) is 7.54. The molecule has 308 valence electrons. The largest absolute Gasteiger partial charge is 0.444 e. The number of alkyl halides is 6. The first-order chi connectivity index (χ1) is 25.3. The maximum atomic E-state index is 13.9. The Morgan fingerprint density at radius 2 is 1.02 bits per heavy atom. The Morgan fingerprint density at radius 1 is 0.655 bits per heavy atom. The van der Waals surface area contributed by atoms with Crippen molar-refractivity contribution >= 4 is 23.8 Å². The number of aliphatic hydroxyl groups is 1. The maximum absolute atomic E-state index is 13.9. The molecule has 0 spiro atoms. The van der Waals surface area contributed by atoms with E-state index in [9.17, 15) is 45.5 Å². The summed E-state index contributed by atoms with van der Waals surface area (Å²) < 4.78 is 103. The average molecular weight is 793 g/mol. The van der Waals surface area contributed by atoms with Crippen LogP contribution in [-0.2, 0) is 41.8 Å². The molecule has 2 aromatic rings. The van der Waals surface area contributed by atoms with Gasteiger partial charge in [-0.15, -0.1) is 6.58 Å². The van der Waals surface area contributed by atoms with E-state index in [0.29, 0.717) is 11.1 Å². The molecule has 55 heavy (non-hydrogen) atoms. The summed E-state index contributed by atoms with van der Waals surface area (Å²) in [6, 6.07) is 16.3. The van der Waals surface area contributed by atoms with Crippen LogP contribution in [0, 0.1) is 0 Å². The minimum absolute atomic E-state index is 0.299. The van der Waals surface area contributed by atoms with Crippen molar-refractivity contribution in [3.8, 4) is 0 Å². The van der Waals surface area contributed by atoms with Crippen molar-refractivity contribution < 1.29 is 69.6 Å². The van der Waals surface area contributed by atoms with Crippen molar-refractivity contribution in [2.45, 2.75) is 109 Å². The zero-order valence-corrected chi connectivity index (χ0v) is 31.7. The van der Waals surface area contributed by atoms with Gasteiger partial charge in [0.05, 0.1) is 26.3 Å². The highest BCUT2D eigenvalue weighted by atomic mass is 19.4. The second-order valence-corrected chi connectivity index (χ2v) is 14.1. The van der Waals surface area contributed by atoms with Gasteiger partial charge < -0.3 is 34.7 Å². The molecular formula is C38H50F6N2O9. The maximum Gasteiger partial charge on any atom is 0.425 e. The van der Waals surface area contributed by atoms with Crippen molar-refractivity contribution in [1.29, 1.82) is 0 Å². The van der Waals surface area contributed by atoms with E-state index in [0.717, 1.165) is 6.08 Å². The Kier molecular flexibility index (Phi) is 18.5. The first kappa shape index (κ1) is 48.5. The molecule has 0 saturated heterocycles. The van der Waals surface area contributed by atoms with E-state index in [-0.39, 0.29) is 6.42 Å². The van der Waals surface area contributed by atoms with Crippen LogP contribution < -0.4 is 10.6 Å². The number of Topliss-reactive ketones (excluding diaryl/α,β-unsaturated/α-hetero) is 2. The van der Waals surface area contributed by atoms with Gasteiger partial charge in [-0.1, -0.05) is 66.7 Å². The lowest BCUT2D eigenvalue weighted by atomic mass is 9.91. The lowest BCUT2D eigenvalue weighted by Crippen LogP contribution is -2.57. The number of rotatable bonds is 17. The fraction of sp³-hybridized carbons (Fsp3) is 0.526. The standard InChI is InChI=1S/C19H26F3NO5.C19H24F3NO4/c1-17(2,3)28-16(26)23-12-15(25)18(10-7-11-24,19(20,21)22)27-13-14-8-5-4-6-9-14;1-5-11-18(19(20,21)22,26-13-14-9-7-6-8-10-14)15(24)12-23-16(25)27-17(2,3)4/h4-6,8-9,24H,7,10-13H2,1-3H3,(H,23,26);5-10H,1,11-13H2,2-4H3,(H,23,25)/t2*18-/m11/s1. The molecule has 0 aliphatic rings. The van der Waals surface area contributed by atoms with Crippen LogP contribution in [0.3, 0.4) is 0 Å². The van der Waals surface area contributed by atoms with E-state index >= 15 is 0 Å². The Hall–Kier alpha value is -4.48. The number of amides is 2. The normalized spacial score (nSPS) is 14.2. The predicted molar refractivity (Wildman–Crippen MR) is 190 cm³/mol. The second-order valence-electron chi connectivity index (χ2n) is 14.1. The SMILES string of the molecule is C=CC[C@@](OCc1ccccc1)(C(=O)CNC(=O)OC(C)(C)C)C(F)(F)F.CC(C)(C)OC(=O)NCC(=O)[C@@](CCCO)(OCc1ccccc1)C(F)(F)F. The van der Waals surface area contributed by atoms with Gasteiger partial charge in [0.15, 0.2) is 11.6 Å². The Labute approximate surface area is 316 Å². The van der Waals surface area contributed by atoms with Crippen molar-refractivity contribution in [3.05, 3.63) is 84.4 Å². The summed E-state index contributed by atoms with van der Waals surface area (Å²) in [6.45, 7) is 9.58. The van der Waals surface area contributed by atoms with Crippen LogP contribution in [0.1, 0.15) is 71.9 Å². The highest BCUT2D eigenvalue weighted by molar-refractivity contribution is 5.92. The van der Waals surface area contributed by atoms with Gasteiger partial charge in [-0.05, 0) is 65.5 Å². The van der Waals surface area contributed by atoms with Gasteiger partial charge in [-0.3, -0.25) is 9.59 Å². The van der Waals surface area contributed by atoms with Crippen molar-refractivity contribution in [2.24, 2.45) is 0 Å². The lowest BCUT2D eigenvalue weighted by Gasteiger charge is -2.34. The molecule has 2 amide bonds. The highest BCUT2D eigenvalue weighted by Gasteiger charge is 2.61. The van der Waals surface area contributed by atoms with Crippen LogP contribution >= 0.6 is 0 Å². The van der Waals surface area contributed by atoms with Gasteiger partial charge in [0.25, 0.3) is 0 Å². The molecule has 0 heterocycles. The molecule has 0 fully saturated rings. The zero-order valence-electron chi connectivity index (χ0n) is 31.7.